The molecule has 2 saturated carbocycles. The Kier molecular flexibility index (Phi) is 7.82. The molecule has 1 aromatic carbocycles. The Morgan fingerprint density at radius 3 is 2.46 bits per heavy atom. The molecule has 0 bridgehead atoms. The van der Waals surface area contributed by atoms with E-state index in [-0.39, 0.29) is 18.4 Å². The van der Waals surface area contributed by atoms with Crippen molar-refractivity contribution >= 4 is 11.8 Å². The average Bonchev–Trinajstić information content (AvgIpc) is 3.58. The normalized spacial score (nSPS) is 28.2. The minimum atomic E-state index is -4.91. The van der Waals surface area contributed by atoms with Crippen molar-refractivity contribution in [2.45, 2.75) is 87.6 Å². The van der Waals surface area contributed by atoms with Gasteiger partial charge < -0.3 is 15.0 Å². The Morgan fingerprint density at radius 2 is 1.78 bits per heavy atom. The second kappa shape index (κ2) is 10.9. The molecule has 5 rings (SSSR count). The van der Waals surface area contributed by atoms with Crippen LogP contribution in [0.4, 0.5) is 13.2 Å². The number of nitrogens with one attached hydrogen (secondary N) is 1. The van der Waals surface area contributed by atoms with Crippen LogP contribution in [-0.4, -0.2) is 78.3 Å². The number of halogens is 3. The molecule has 0 aromatic heterocycles. The molecule has 2 aliphatic carbocycles. The van der Waals surface area contributed by atoms with E-state index in [1.807, 2.05) is 30.3 Å². The number of carbonyl (C=O) groups excluding carboxylic acids is 2. The number of carbonyl (C=O) groups is 2. The standard InChI is InChI=1S/C28H38F3N3O3/c29-28(30,31)26(36)34(24-15-23(24)21-9-5-2-6-10-21)22-16-27(37-19-22)11-13-33(14-12-27)18-25(35)32-17-20-7-3-1-4-8-20/h2,5-6,9-10,20,22-24H,1,3-4,7-8,11-19H2,(H,32,35)/t22?,23-,24+/m0/s1. The van der Waals surface area contributed by atoms with Crippen LogP contribution in [0.5, 0.6) is 0 Å². The number of ether oxygens (including phenoxy) is 1. The quantitative estimate of drug-likeness (QED) is 0.583. The third-order valence-corrected chi connectivity index (χ3v) is 8.85. The van der Waals surface area contributed by atoms with Gasteiger partial charge in [-0.25, -0.2) is 0 Å². The lowest BCUT2D eigenvalue weighted by atomic mass is 9.87. The van der Waals surface area contributed by atoms with Crippen molar-refractivity contribution in [1.82, 2.24) is 15.1 Å². The predicted octanol–water partition coefficient (Wildman–Crippen LogP) is 4.25. The molecule has 1 spiro atoms. The summed E-state index contributed by atoms with van der Waals surface area (Å²) in [5, 5.41) is 3.08. The van der Waals surface area contributed by atoms with Gasteiger partial charge in [0.25, 0.3) is 0 Å². The first kappa shape index (κ1) is 26.5. The van der Waals surface area contributed by atoms with E-state index >= 15 is 0 Å². The Morgan fingerprint density at radius 1 is 1.08 bits per heavy atom. The summed E-state index contributed by atoms with van der Waals surface area (Å²) in [6.45, 7) is 2.53. The van der Waals surface area contributed by atoms with Crippen molar-refractivity contribution in [1.29, 1.82) is 0 Å². The number of alkyl halides is 3. The summed E-state index contributed by atoms with van der Waals surface area (Å²) in [4.78, 5) is 28.2. The topological polar surface area (TPSA) is 61.9 Å². The van der Waals surface area contributed by atoms with Crippen LogP contribution in [0.3, 0.4) is 0 Å². The van der Waals surface area contributed by atoms with Gasteiger partial charge in [-0.2, -0.15) is 13.2 Å². The SMILES string of the molecule is O=C(CN1CCC2(CC1)CC(N(C(=O)C(F)(F)F)[C@@H]1C[C@H]1c1ccccc1)CO2)NCC1CCCCC1. The molecule has 9 heteroatoms. The molecule has 2 saturated heterocycles. The fraction of sp³-hybridized carbons (Fsp3) is 0.714. The van der Waals surface area contributed by atoms with Crippen LogP contribution >= 0.6 is 0 Å². The maximum Gasteiger partial charge on any atom is 0.471 e. The van der Waals surface area contributed by atoms with Crippen LogP contribution in [0.2, 0.25) is 0 Å². The van der Waals surface area contributed by atoms with Crippen LogP contribution in [0.15, 0.2) is 30.3 Å². The van der Waals surface area contributed by atoms with Gasteiger partial charge in [-0.1, -0.05) is 49.6 Å². The molecular formula is C28H38F3N3O3. The molecule has 204 valence electrons. The van der Waals surface area contributed by atoms with Crippen molar-refractivity contribution in [2.24, 2.45) is 5.92 Å². The molecule has 4 fully saturated rings. The third-order valence-electron chi connectivity index (χ3n) is 8.85. The number of likely N-dealkylation sites (tertiary alicyclic amines) is 1. The highest BCUT2D eigenvalue weighted by Gasteiger charge is 2.57. The van der Waals surface area contributed by atoms with Crippen LogP contribution < -0.4 is 5.32 Å². The molecule has 2 heterocycles. The maximum absolute atomic E-state index is 13.6. The highest BCUT2D eigenvalue weighted by molar-refractivity contribution is 5.83. The summed E-state index contributed by atoms with van der Waals surface area (Å²) in [6, 6.07) is 8.41. The van der Waals surface area contributed by atoms with Gasteiger partial charge in [0.2, 0.25) is 5.91 Å². The van der Waals surface area contributed by atoms with E-state index in [0.717, 1.165) is 17.0 Å². The summed E-state index contributed by atoms with van der Waals surface area (Å²) < 4.78 is 46.9. The average molecular weight is 522 g/mol. The van der Waals surface area contributed by atoms with E-state index in [9.17, 15) is 22.8 Å². The zero-order valence-electron chi connectivity index (χ0n) is 21.3. The maximum atomic E-state index is 13.6. The van der Waals surface area contributed by atoms with Crippen LogP contribution in [0.1, 0.15) is 69.3 Å². The summed E-state index contributed by atoms with van der Waals surface area (Å²) >= 11 is 0. The Bertz CT molecular complexity index is 943. The van der Waals surface area contributed by atoms with Gasteiger partial charge in [0.05, 0.1) is 24.8 Å². The fourth-order valence-electron chi connectivity index (χ4n) is 6.66. The molecule has 1 N–H and O–H groups in total. The second-order valence-corrected chi connectivity index (χ2v) is 11.5. The van der Waals surface area contributed by atoms with E-state index in [2.05, 4.69) is 10.2 Å². The van der Waals surface area contributed by atoms with Crippen molar-refractivity contribution in [3.8, 4) is 0 Å². The van der Waals surface area contributed by atoms with E-state index in [4.69, 9.17) is 4.74 Å². The lowest BCUT2D eigenvalue weighted by Crippen LogP contribution is -2.51. The summed E-state index contributed by atoms with van der Waals surface area (Å²) in [5.41, 5.74) is 0.442. The van der Waals surface area contributed by atoms with Gasteiger partial charge in [-0.15, -0.1) is 0 Å². The number of piperidine rings is 1. The zero-order valence-corrected chi connectivity index (χ0v) is 21.3. The first-order chi connectivity index (χ1) is 17.7. The Balaban J connectivity index is 1.14. The van der Waals surface area contributed by atoms with Gasteiger partial charge in [0.1, 0.15) is 0 Å². The smallest absolute Gasteiger partial charge is 0.373 e. The molecule has 2 amide bonds. The number of hydrogen-bond donors (Lipinski definition) is 1. The fourth-order valence-corrected chi connectivity index (χ4v) is 6.66. The van der Waals surface area contributed by atoms with Crippen molar-refractivity contribution in [3.05, 3.63) is 35.9 Å². The third kappa shape index (κ3) is 6.30. The van der Waals surface area contributed by atoms with Gasteiger partial charge >= 0.3 is 12.1 Å². The van der Waals surface area contributed by atoms with E-state index < -0.39 is 29.8 Å². The molecule has 6 nitrogen and oxygen atoms in total. The molecule has 4 aliphatic rings. The molecule has 3 atom stereocenters. The lowest BCUT2D eigenvalue weighted by Gasteiger charge is -2.39. The molecule has 0 radical (unpaired) electrons. The minimum absolute atomic E-state index is 0.0365. The molecule has 2 aliphatic heterocycles. The van der Waals surface area contributed by atoms with Crippen LogP contribution in [0.25, 0.3) is 0 Å². The number of rotatable bonds is 7. The van der Waals surface area contributed by atoms with Gasteiger partial charge in [0, 0.05) is 31.6 Å². The number of hydrogen-bond acceptors (Lipinski definition) is 4. The Hall–Kier alpha value is -2.13. The van der Waals surface area contributed by atoms with Crippen LogP contribution in [-0.2, 0) is 14.3 Å². The number of amides is 2. The predicted molar refractivity (Wildman–Crippen MR) is 133 cm³/mol. The lowest BCUT2D eigenvalue weighted by molar-refractivity contribution is -0.188. The van der Waals surface area contributed by atoms with Crippen molar-refractivity contribution in [2.75, 3.05) is 32.8 Å². The molecule has 1 unspecified atom stereocenters. The number of nitrogens with zero attached hydrogens (tertiary/aromatic N) is 2. The Labute approximate surface area is 216 Å². The summed E-state index contributed by atoms with van der Waals surface area (Å²) in [7, 11) is 0. The van der Waals surface area contributed by atoms with Gasteiger partial charge in [0.15, 0.2) is 0 Å². The zero-order chi connectivity index (χ0) is 26.0. The molecule has 37 heavy (non-hydrogen) atoms. The summed E-state index contributed by atoms with van der Waals surface area (Å²) in [6.07, 6.45) is 3.50. The monoisotopic (exact) mass is 521 g/mol. The van der Waals surface area contributed by atoms with E-state index in [1.54, 1.807) is 0 Å². The van der Waals surface area contributed by atoms with E-state index in [1.165, 1.54) is 32.1 Å². The molecular weight excluding hydrogens is 483 g/mol. The van der Waals surface area contributed by atoms with Gasteiger partial charge in [-0.05, 0) is 50.0 Å². The van der Waals surface area contributed by atoms with Crippen molar-refractivity contribution in [3.63, 3.8) is 0 Å². The van der Waals surface area contributed by atoms with Crippen LogP contribution in [0, 0.1) is 5.92 Å². The molecule has 1 aromatic rings. The van der Waals surface area contributed by atoms with Gasteiger partial charge in [-0.3, -0.25) is 14.5 Å². The van der Waals surface area contributed by atoms with E-state index in [0.29, 0.717) is 51.2 Å². The van der Waals surface area contributed by atoms with Crippen molar-refractivity contribution < 1.29 is 27.5 Å². The largest absolute Gasteiger partial charge is 0.471 e. The second-order valence-electron chi connectivity index (χ2n) is 11.5. The first-order valence-corrected chi connectivity index (χ1v) is 13.8. The number of benzene rings is 1. The summed E-state index contributed by atoms with van der Waals surface area (Å²) in [5.74, 6) is -1.21. The minimum Gasteiger partial charge on any atom is -0.373 e. The first-order valence-electron chi connectivity index (χ1n) is 13.8. The highest BCUT2D eigenvalue weighted by atomic mass is 19.4. The highest BCUT2D eigenvalue weighted by Crippen LogP contribution is 2.49.